The Morgan fingerprint density at radius 3 is 2.88 bits per heavy atom. The molecule has 5 heterocycles. The number of para-hydroxylation sites is 1. The first-order valence-corrected chi connectivity index (χ1v) is 10.2. The fourth-order valence-electron chi connectivity index (χ4n) is 4.75. The van der Waals surface area contributed by atoms with Gasteiger partial charge in [-0.1, -0.05) is 24.3 Å². The number of imidazole rings is 1. The van der Waals surface area contributed by atoms with E-state index in [9.17, 15) is 14.9 Å². The van der Waals surface area contributed by atoms with Crippen molar-refractivity contribution in [2.24, 2.45) is 4.99 Å². The molecule has 0 bridgehead atoms. The number of hydrogen-bond donors (Lipinski definition) is 1. The predicted octanol–water partition coefficient (Wildman–Crippen LogP) is 2.36. The molecule has 1 unspecified atom stereocenters. The molecule has 0 radical (unpaired) electrons. The summed E-state index contributed by atoms with van der Waals surface area (Å²) >= 11 is 0. The molecule has 1 atom stereocenters. The monoisotopic (exact) mass is 420 g/mol. The maximum Gasteiger partial charge on any atom is 0.261 e. The van der Waals surface area contributed by atoms with E-state index in [1.807, 2.05) is 53.7 Å². The summed E-state index contributed by atoms with van der Waals surface area (Å²) in [5.41, 5.74) is 4.89. The molecule has 8 heteroatoms. The highest BCUT2D eigenvalue weighted by molar-refractivity contribution is 6.47. The maximum absolute atomic E-state index is 13.0. The van der Waals surface area contributed by atoms with Gasteiger partial charge in [-0.3, -0.25) is 24.3 Å². The van der Waals surface area contributed by atoms with Crippen molar-refractivity contribution < 1.29 is 9.59 Å². The first kappa shape index (κ1) is 18.3. The molecule has 0 fully saturated rings. The van der Waals surface area contributed by atoms with Crippen LogP contribution in [0.5, 0.6) is 0 Å². The van der Waals surface area contributed by atoms with Gasteiger partial charge in [-0.2, -0.15) is 5.26 Å². The van der Waals surface area contributed by atoms with Crippen LogP contribution in [0.4, 0.5) is 5.69 Å². The first-order chi connectivity index (χ1) is 15.7. The van der Waals surface area contributed by atoms with Crippen LogP contribution in [-0.4, -0.2) is 33.0 Å². The second-order valence-corrected chi connectivity index (χ2v) is 7.82. The lowest BCUT2D eigenvalue weighted by Gasteiger charge is -2.22. The van der Waals surface area contributed by atoms with E-state index >= 15 is 0 Å². The smallest absolute Gasteiger partial charge is 0.261 e. The predicted molar refractivity (Wildman–Crippen MR) is 118 cm³/mol. The molecule has 3 aliphatic heterocycles. The summed E-state index contributed by atoms with van der Waals surface area (Å²) in [5, 5.41) is 11.7. The number of fused-ring (bicyclic) bond motifs is 1. The minimum absolute atomic E-state index is 0.00760. The number of imide groups is 1. The van der Waals surface area contributed by atoms with E-state index in [2.05, 4.69) is 21.4 Å². The fourth-order valence-corrected chi connectivity index (χ4v) is 4.75. The van der Waals surface area contributed by atoms with Gasteiger partial charge in [0.15, 0.2) is 0 Å². The third-order valence-corrected chi connectivity index (χ3v) is 6.08. The maximum atomic E-state index is 13.0. The Kier molecular flexibility index (Phi) is 3.86. The van der Waals surface area contributed by atoms with Gasteiger partial charge >= 0.3 is 0 Å². The molecule has 2 amide bonds. The van der Waals surface area contributed by atoms with Crippen molar-refractivity contribution in [2.45, 2.75) is 18.9 Å². The number of pyridine rings is 1. The zero-order valence-electron chi connectivity index (χ0n) is 16.8. The van der Waals surface area contributed by atoms with Crippen LogP contribution in [0.3, 0.4) is 0 Å². The number of amides is 2. The molecule has 3 aromatic rings. The minimum Gasteiger partial charge on any atom is -0.341 e. The number of nitriles is 1. The van der Waals surface area contributed by atoms with Gasteiger partial charge in [-0.25, -0.2) is 4.98 Å². The SMILES string of the molecule is N#CCC1Cc2cccc3c2N1C=CN=C3C1=C(c2cnc3ccccn23)C(=O)NC1=O. The lowest BCUT2D eigenvalue weighted by atomic mass is 9.94. The Hall–Kier alpha value is -4.51. The highest BCUT2D eigenvalue weighted by Crippen LogP contribution is 2.40. The normalized spacial score (nSPS) is 19.2. The van der Waals surface area contributed by atoms with Gasteiger partial charge in [0.25, 0.3) is 11.8 Å². The number of nitrogens with one attached hydrogen (secondary N) is 1. The van der Waals surface area contributed by atoms with Crippen LogP contribution in [0.1, 0.15) is 23.2 Å². The average molecular weight is 420 g/mol. The highest BCUT2D eigenvalue weighted by atomic mass is 16.2. The molecule has 3 aliphatic rings. The molecule has 0 aliphatic carbocycles. The third-order valence-electron chi connectivity index (χ3n) is 6.08. The number of carbonyl (C=O) groups excluding carboxylic acids is 2. The van der Waals surface area contributed by atoms with Crippen LogP contribution in [0.15, 0.2) is 71.8 Å². The van der Waals surface area contributed by atoms with Crippen molar-refractivity contribution in [1.82, 2.24) is 14.7 Å². The number of benzene rings is 1. The number of hydrogen-bond acceptors (Lipinski definition) is 6. The molecule has 0 saturated heterocycles. The molecule has 6 rings (SSSR count). The lowest BCUT2D eigenvalue weighted by Crippen LogP contribution is -2.27. The fraction of sp³-hybridized carbons (Fsp3) is 0.125. The largest absolute Gasteiger partial charge is 0.341 e. The summed E-state index contributed by atoms with van der Waals surface area (Å²) < 4.78 is 1.78. The summed E-state index contributed by atoms with van der Waals surface area (Å²) in [6, 6.07) is 13.7. The van der Waals surface area contributed by atoms with Gasteiger partial charge in [-0.15, -0.1) is 0 Å². The molecule has 1 N–H and O–H groups in total. The van der Waals surface area contributed by atoms with Gasteiger partial charge in [0.2, 0.25) is 0 Å². The number of aliphatic imine (C=N–C) groups is 1. The molecular weight excluding hydrogens is 404 g/mol. The number of aromatic nitrogens is 2. The van der Waals surface area contributed by atoms with Crippen molar-refractivity contribution in [3.8, 4) is 6.07 Å². The average Bonchev–Trinajstić information content (AvgIpc) is 3.40. The summed E-state index contributed by atoms with van der Waals surface area (Å²) in [6.45, 7) is 0. The molecule has 1 aromatic carbocycles. The van der Waals surface area contributed by atoms with Crippen LogP contribution in [-0.2, 0) is 16.0 Å². The van der Waals surface area contributed by atoms with E-state index in [4.69, 9.17) is 0 Å². The summed E-state index contributed by atoms with van der Waals surface area (Å²) in [4.78, 5) is 37.0. The van der Waals surface area contributed by atoms with Crippen molar-refractivity contribution in [1.29, 1.82) is 5.26 Å². The Morgan fingerprint density at radius 2 is 2.00 bits per heavy atom. The van der Waals surface area contributed by atoms with Crippen LogP contribution in [0.2, 0.25) is 0 Å². The zero-order chi connectivity index (χ0) is 21.8. The topological polar surface area (TPSA) is 103 Å². The van der Waals surface area contributed by atoms with E-state index in [0.717, 1.165) is 23.2 Å². The van der Waals surface area contributed by atoms with Crippen molar-refractivity contribution in [3.05, 3.63) is 83.6 Å². The molecule has 0 saturated carbocycles. The molecule has 2 aromatic heterocycles. The standard InChI is InChI=1S/C24H16N6O2/c25-8-7-15-12-14-4-3-5-16-21(26-9-11-29(15)22(14)16)20-19(23(31)28-24(20)32)17-13-27-18-6-1-2-10-30(17)18/h1-6,9-11,13,15H,7,12H2,(H,28,31,32). The van der Waals surface area contributed by atoms with Gasteiger partial charge < -0.3 is 4.90 Å². The molecule has 0 spiro atoms. The van der Waals surface area contributed by atoms with Crippen LogP contribution in [0.25, 0.3) is 11.2 Å². The van der Waals surface area contributed by atoms with Gasteiger partial charge in [0, 0.05) is 24.2 Å². The number of nitrogens with zero attached hydrogens (tertiary/aromatic N) is 5. The van der Waals surface area contributed by atoms with E-state index < -0.39 is 11.8 Å². The van der Waals surface area contributed by atoms with Crippen LogP contribution in [0, 0.1) is 11.3 Å². The molecule has 32 heavy (non-hydrogen) atoms. The van der Waals surface area contributed by atoms with Gasteiger partial charge in [0.05, 0.1) is 53.0 Å². The van der Waals surface area contributed by atoms with Crippen molar-refractivity contribution in [3.63, 3.8) is 0 Å². The minimum atomic E-state index is -0.486. The van der Waals surface area contributed by atoms with Crippen LogP contribution >= 0.6 is 0 Å². The Balaban J connectivity index is 1.59. The van der Waals surface area contributed by atoms with Gasteiger partial charge in [-0.05, 0) is 24.1 Å². The summed E-state index contributed by atoms with van der Waals surface area (Å²) in [5.74, 6) is -0.959. The Labute approximate surface area is 182 Å². The number of anilines is 1. The van der Waals surface area contributed by atoms with Gasteiger partial charge in [0.1, 0.15) is 5.65 Å². The van der Waals surface area contributed by atoms with E-state index in [-0.39, 0.29) is 17.2 Å². The van der Waals surface area contributed by atoms with E-state index in [0.29, 0.717) is 23.5 Å². The summed E-state index contributed by atoms with van der Waals surface area (Å²) in [6.07, 6.45) is 7.99. The molecule has 8 nitrogen and oxygen atoms in total. The van der Waals surface area contributed by atoms with Crippen LogP contribution < -0.4 is 10.2 Å². The number of rotatable bonds is 3. The summed E-state index contributed by atoms with van der Waals surface area (Å²) in [7, 11) is 0. The first-order valence-electron chi connectivity index (χ1n) is 10.2. The second-order valence-electron chi connectivity index (χ2n) is 7.82. The molecular formula is C24H16N6O2. The Bertz CT molecular complexity index is 1470. The zero-order valence-corrected chi connectivity index (χ0v) is 16.8. The van der Waals surface area contributed by atoms with E-state index in [1.165, 1.54) is 0 Å². The lowest BCUT2D eigenvalue weighted by molar-refractivity contribution is -0.123. The Morgan fingerprint density at radius 1 is 1.12 bits per heavy atom. The highest BCUT2D eigenvalue weighted by Gasteiger charge is 2.39. The second kappa shape index (κ2) is 6.75. The van der Waals surface area contributed by atoms with Crippen molar-refractivity contribution in [2.75, 3.05) is 4.90 Å². The molecule has 154 valence electrons. The quantitative estimate of drug-likeness (QED) is 0.656. The van der Waals surface area contributed by atoms with E-state index in [1.54, 1.807) is 16.8 Å². The van der Waals surface area contributed by atoms with Crippen molar-refractivity contribution >= 4 is 34.4 Å². The number of carbonyl (C=O) groups is 2. The third kappa shape index (κ3) is 2.48.